The number of carbonyl (C=O) groups excluding carboxylic acids is 1. The van der Waals surface area contributed by atoms with Crippen molar-refractivity contribution in [1.82, 2.24) is 9.80 Å². The molecule has 1 aliphatic heterocycles. The molecule has 104 valence electrons. The van der Waals surface area contributed by atoms with Gasteiger partial charge >= 0.3 is 0 Å². The van der Waals surface area contributed by atoms with E-state index in [1.807, 2.05) is 30.0 Å². The molecule has 0 bridgehead atoms. The number of aryl methyl sites for hydroxylation is 1. The van der Waals surface area contributed by atoms with Gasteiger partial charge in [0.25, 0.3) is 5.91 Å². The molecular weight excluding hydrogens is 238 g/mol. The molecule has 19 heavy (non-hydrogen) atoms. The Morgan fingerprint density at radius 3 is 2.79 bits per heavy atom. The van der Waals surface area contributed by atoms with Crippen molar-refractivity contribution >= 4 is 11.6 Å². The van der Waals surface area contributed by atoms with E-state index < -0.39 is 0 Å². The van der Waals surface area contributed by atoms with Gasteiger partial charge in [-0.2, -0.15) is 0 Å². The number of amides is 1. The van der Waals surface area contributed by atoms with Crippen LogP contribution in [0.5, 0.6) is 0 Å². The minimum absolute atomic E-state index is 0.0591. The highest BCUT2D eigenvalue weighted by Gasteiger charge is 2.27. The van der Waals surface area contributed by atoms with Crippen LogP contribution in [0.2, 0.25) is 0 Å². The first-order valence-electron chi connectivity index (χ1n) is 6.92. The van der Waals surface area contributed by atoms with Gasteiger partial charge in [0.2, 0.25) is 0 Å². The predicted octanol–water partition coefficient (Wildman–Crippen LogP) is 1.74. The average molecular weight is 261 g/mol. The highest BCUT2D eigenvalue weighted by atomic mass is 16.2. The first kappa shape index (κ1) is 13.9. The fourth-order valence-corrected chi connectivity index (χ4v) is 2.68. The standard InChI is InChI=1S/C15H23N3O/c1-4-17-7-8-18(10-12(17)3)15(19)13-9-11(2)5-6-14(13)16/h5-6,9,12H,4,7-8,10,16H2,1-3H3. The number of hydrogen-bond acceptors (Lipinski definition) is 3. The molecule has 1 saturated heterocycles. The maximum absolute atomic E-state index is 12.5. The highest BCUT2D eigenvalue weighted by Crippen LogP contribution is 2.18. The fraction of sp³-hybridized carbons (Fsp3) is 0.533. The van der Waals surface area contributed by atoms with E-state index in [4.69, 9.17) is 5.73 Å². The number of hydrogen-bond donors (Lipinski definition) is 1. The summed E-state index contributed by atoms with van der Waals surface area (Å²) in [6.45, 7) is 9.85. The Labute approximate surface area is 115 Å². The van der Waals surface area contributed by atoms with Crippen molar-refractivity contribution in [3.05, 3.63) is 29.3 Å². The van der Waals surface area contributed by atoms with Gasteiger partial charge < -0.3 is 10.6 Å². The molecule has 0 spiro atoms. The molecule has 1 aliphatic rings. The molecule has 2 N–H and O–H groups in total. The van der Waals surface area contributed by atoms with Gasteiger partial charge in [0.05, 0.1) is 5.56 Å². The van der Waals surface area contributed by atoms with Crippen molar-refractivity contribution < 1.29 is 4.79 Å². The third-order valence-electron chi connectivity index (χ3n) is 3.90. The molecule has 0 saturated carbocycles. The lowest BCUT2D eigenvalue weighted by Gasteiger charge is -2.39. The summed E-state index contributed by atoms with van der Waals surface area (Å²) in [5.74, 6) is 0.0591. The third kappa shape index (κ3) is 2.89. The van der Waals surface area contributed by atoms with Crippen LogP contribution in [0.15, 0.2) is 18.2 Å². The normalized spacial score (nSPS) is 20.6. The zero-order chi connectivity index (χ0) is 14.0. The van der Waals surface area contributed by atoms with Crippen molar-refractivity contribution in [1.29, 1.82) is 0 Å². The van der Waals surface area contributed by atoms with Gasteiger partial charge in [0.15, 0.2) is 0 Å². The molecule has 4 heteroatoms. The SMILES string of the molecule is CCN1CCN(C(=O)c2cc(C)ccc2N)CC1C. The van der Waals surface area contributed by atoms with Gasteiger partial charge in [-0.15, -0.1) is 0 Å². The first-order chi connectivity index (χ1) is 9.02. The van der Waals surface area contributed by atoms with Gasteiger partial charge in [-0.3, -0.25) is 9.69 Å². The summed E-state index contributed by atoms with van der Waals surface area (Å²) < 4.78 is 0. The van der Waals surface area contributed by atoms with Crippen LogP contribution in [-0.2, 0) is 0 Å². The number of carbonyl (C=O) groups is 1. The van der Waals surface area contributed by atoms with E-state index in [2.05, 4.69) is 18.7 Å². The molecule has 1 heterocycles. The quantitative estimate of drug-likeness (QED) is 0.825. The van der Waals surface area contributed by atoms with Gasteiger partial charge in [-0.1, -0.05) is 18.6 Å². The van der Waals surface area contributed by atoms with E-state index in [0.717, 1.165) is 31.7 Å². The van der Waals surface area contributed by atoms with Gasteiger partial charge in [-0.25, -0.2) is 0 Å². The molecule has 0 radical (unpaired) electrons. The summed E-state index contributed by atoms with van der Waals surface area (Å²) >= 11 is 0. The third-order valence-corrected chi connectivity index (χ3v) is 3.90. The van der Waals surface area contributed by atoms with E-state index in [1.165, 1.54) is 0 Å². The number of nitrogens with two attached hydrogens (primary N) is 1. The van der Waals surface area contributed by atoms with E-state index in [0.29, 0.717) is 17.3 Å². The Bertz CT molecular complexity index is 472. The van der Waals surface area contributed by atoms with Crippen LogP contribution < -0.4 is 5.73 Å². The van der Waals surface area contributed by atoms with Crippen LogP contribution in [0.4, 0.5) is 5.69 Å². The number of benzene rings is 1. The maximum atomic E-state index is 12.5. The maximum Gasteiger partial charge on any atom is 0.256 e. The lowest BCUT2D eigenvalue weighted by Crippen LogP contribution is -2.53. The fourth-order valence-electron chi connectivity index (χ4n) is 2.68. The van der Waals surface area contributed by atoms with Crippen LogP contribution in [0.25, 0.3) is 0 Å². The van der Waals surface area contributed by atoms with Crippen LogP contribution in [0.3, 0.4) is 0 Å². The Morgan fingerprint density at radius 1 is 1.42 bits per heavy atom. The zero-order valence-corrected chi connectivity index (χ0v) is 12.0. The minimum Gasteiger partial charge on any atom is -0.398 e. The number of rotatable bonds is 2. The summed E-state index contributed by atoms with van der Waals surface area (Å²) in [5.41, 5.74) is 8.20. The molecule has 0 aromatic heterocycles. The molecule has 1 aromatic rings. The number of nitrogen functional groups attached to an aromatic ring is 1. The smallest absolute Gasteiger partial charge is 0.256 e. The van der Waals surface area contributed by atoms with Crippen LogP contribution >= 0.6 is 0 Å². The van der Waals surface area contributed by atoms with Crippen molar-refractivity contribution in [2.45, 2.75) is 26.8 Å². The first-order valence-corrected chi connectivity index (χ1v) is 6.92. The summed E-state index contributed by atoms with van der Waals surface area (Å²) in [5, 5.41) is 0. The number of nitrogens with zero attached hydrogens (tertiary/aromatic N) is 2. The van der Waals surface area contributed by atoms with Crippen LogP contribution in [0, 0.1) is 6.92 Å². The van der Waals surface area contributed by atoms with Crippen molar-refractivity contribution in [3.8, 4) is 0 Å². The molecule has 1 amide bonds. The molecular formula is C15H23N3O. The molecule has 0 aliphatic carbocycles. The van der Waals surface area contributed by atoms with Crippen molar-refractivity contribution in [3.63, 3.8) is 0 Å². The molecule has 2 rings (SSSR count). The number of piperazine rings is 1. The van der Waals surface area contributed by atoms with Crippen molar-refractivity contribution in [2.24, 2.45) is 0 Å². The summed E-state index contributed by atoms with van der Waals surface area (Å²) in [4.78, 5) is 16.9. The van der Waals surface area contributed by atoms with Gasteiger partial charge in [0.1, 0.15) is 0 Å². The minimum atomic E-state index is 0.0591. The summed E-state index contributed by atoms with van der Waals surface area (Å²) in [6, 6.07) is 6.04. The summed E-state index contributed by atoms with van der Waals surface area (Å²) in [6.07, 6.45) is 0. The Hall–Kier alpha value is -1.55. The van der Waals surface area contributed by atoms with Crippen molar-refractivity contribution in [2.75, 3.05) is 31.9 Å². The highest BCUT2D eigenvalue weighted by molar-refractivity contribution is 5.99. The lowest BCUT2D eigenvalue weighted by molar-refractivity contribution is 0.0529. The largest absolute Gasteiger partial charge is 0.398 e. The second-order valence-corrected chi connectivity index (χ2v) is 5.32. The van der Waals surface area contributed by atoms with E-state index >= 15 is 0 Å². The van der Waals surface area contributed by atoms with E-state index in [-0.39, 0.29) is 5.91 Å². The number of anilines is 1. The molecule has 1 atom stereocenters. The lowest BCUT2D eigenvalue weighted by atomic mass is 10.1. The number of likely N-dealkylation sites (N-methyl/N-ethyl adjacent to an activating group) is 1. The Balaban J connectivity index is 2.14. The molecule has 1 unspecified atom stereocenters. The second kappa shape index (κ2) is 5.61. The topological polar surface area (TPSA) is 49.6 Å². The average Bonchev–Trinajstić information content (AvgIpc) is 2.40. The molecule has 4 nitrogen and oxygen atoms in total. The van der Waals surface area contributed by atoms with E-state index in [9.17, 15) is 4.79 Å². The Morgan fingerprint density at radius 2 is 2.16 bits per heavy atom. The summed E-state index contributed by atoms with van der Waals surface area (Å²) in [7, 11) is 0. The van der Waals surface area contributed by atoms with E-state index in [1.54, 1.807) is 0 Å². The van der Waals surface area contributed by atoms with Crippen LogP contribution in [-0.4, -0.2) is 47.9 Å². The van der Waals surface area contributed by atoms with Gasteiger partial charge in [0, 0.05) is 31.4 Å². The molecule has 1 aromatic carbocycles. The monoisotopic (exact) mass is 261 g/mol. The predicted molar refractivity (Wildman–Crippen MR) is 78.2 cm³/mol. The Kier molecular flexibility index (Phi) is 4.10. The zero-order valence-electron chi connectivity index (χ0n) is 12.0. The second-order valence-electron chi connectivity index (χ2n) is 5.32. The van der Waals surface area contributed by atoms with Crippen LogP contribution in [0.1, 0.15) is 29.8 Å². The molecule has 1 fully saturated rings. The van der Waals surface area contributed by atoms with Gasteiger partial charge in [-0.05, 0) is 32.5 Å².